The molecule has 4 aromatic rings. The molecule has 0 unspecified atom stereocenters. The van der Waals surface area contributed by atoms with Crippen molar-refractivity contribution in [3.8, 4) is 28.3 Å². The summed E-state index contributed by atoms with van der Waals surface area (Å²) in [6.45, 7) is 0. The van der Waals surface area contributed by atoms with Crippen LogP contribution in [0.2, 0.25) is 10.0 Å². The number of hydrogen-bond donors (Lipinski definition) is 0. The van der Waals surface area contributed by atoms with Crippen LogP contribution in [0.5, 0.6) is 0 Å². The number of hydrogen-bond acceptors (Lipinski definition) is 5. The Kier molecular flexibility index (Phi) is 5.89. The lowest BCUT2D eigenvalue weighted by atomic mass is 10.0. The molecule has 0 aliphatic rings. The third-order valence-electron chi connectivity index (χ3n) is 4.62. The van der Waals surface area contributed by atoms with E-state index >= 15 is 0 Å². The van der Waals surface area contributed by atoms with Gasteiger partial charge in [-0.15, -0.1) is 0 Å². The molecule has 0 spiro atoms. The normalized spacial score (nSPS) is 11.6. The fourth-order valence-electron chi connectivity index (χ4n) is 3.25. The molecule has 2 aromatic heterocycles. The molecule has 0 saturated heterocycles. The van der Waals surface area contributed by atoms with Gasteiger partial charge in [-0.1, -0.05) is 40.5 Å². The van der Waals surface area contributed by atoms with E-state index in [1.54, 1.807) is 0 Å². The van der Waals surface area contributed by atoms with Crippen LogP contribution in [-0.4, -0.2) is 28.0 Å². The molecule has 2 heterocycles. The number of esters is 1. The third kappa shape index (κ3) is 4.07. The van der Waals surface area contributed by atoms with Crippen molar-refractivity contribution in [1.29, 1.82) is 0 Å². The van der Waals surface area contributed by atoms with Crippen LogP contribution in [0.15, 0.2) is 53.2 Å². The molecular weight excluding hydrogens is 489 g/mol. The molecule has 170 valence electrons. The van der Waals surface area contributed by atoms with E-state index in [4.69, 9.17) is 32.5 Å². The number of carbonyl (C=O) groups is 1. The first-order chi connectivity index (χ1) is 15.6. The van der Waals surface area contributed by atoms with E-state index in [2.05, 4.69) is 10.3 Å². The number of methoxy groups -OCH3 is 1. The summed E-state index contributed by atoms with van der Waals surface area (Å²) in [7, 11) is 1.01. The molecule has 0 N–H and O–H groups in total. The fourth-order valence-corrected chi connectivity index (χ4v) is 3.69. The van der Waals surface area contributed by atoms with Crippen LogP contribution in [-0.2, 0) is 10.9 Å². The third-order valence-corrected chi connectivity index (χ3v) is 5.17. The second-order valence-electron chi connectivity index (χ2n) is 6.62. The molecular formula is C21H11Cl2F4N3O3. The number of rotatable bonds is 4. The Bertz CT molecular complexity index is 1350. The summed E-state index contributed by atoms with van der Waals surface area (Å²) in [4.78, 5) is 12.6. The van der Waals surface area contributed by atoms with Gasteiger partial charge in [0.15, 0.2) is 11.5 Å². The highest BCUT2D eigenvalue weighted by Gasteiger charge is 2.42. The average Bonchev–Trinajstić information content (AvgIpc) is 3.37. The van der Waals surface area contributed by atoms with Gasteiger partial charge in [-0.05, 0) is 30.3 Å². The summed E-state index contributed by atoms with van der Waals surface area (Å²) in [5.74, 6) is -2.58. The van der Waals surface area contributed by atoms with Gasteiger partial charge in [0.2, 0.25) is 0 Å². The molecule has 0 amide bonds. The Balaban J connectivity index is 2.01. The summed E-state index contributed by atoms with van der Waals surface area (Å²) in [5.41, 5.74) is -3.15. The molecule has 2 aromatic carbocycles. The van der Waals surface area contributed by atoms with Gasteiger partial charge >= 0.3 is 12.1 Å². The average molecular weight is 500 g/mol. The summed E-state index contributed by atoms with van der Waals surface area (Å²) < 4.78 is 67.3. The van der Waals surface area contributed by atoms with Crippen LogP contribution in [0, 0.1) is 5.82 Å². The maximum absolute atomic E-state index is 14.5. The molecule has 12 heteroatoms. The van der Waals surface area contributed by atoms with Crippen LogP contribution < -0.4 is 0 Å². The minimum atomic E-state index is -4.94. The van der Waals surface area contributed by atoms with Gasteiger partial charge in [0.25, 0.3) is 0 Å². The zero-order valence-electron chi connectivity index (χ0n) is 16.5. The van der Waals surface area contributed by atoms with Crippen LogP contribution >= 0.6 is 23.2 Å². The fraction of sp³-hybridized carbons (Fsp3) is 0.0952. The van der Waals surface area contributed by atoms with Crippen molar-refractivity contribution in [1.82, 2.24) is 14.9 Å². The smallest absolute Gasteiger partial charge is 0.434 e. The molecule has 0 bridgehead atoms. The monoisotopic (exact) mass is 499 g/mol. The number of carbonyl (C=O) groups excluding carboxylic acids is 1. The molecule has 0 fully saturated rings. The van der Waals surface area contributed by atoms with Crippen molar-refractivity contribution in [3.05, 3.63) is 75.8 Å². The van der Waals surface area contributed by atoms with Gasteiger partial charge in [0.05, 0.1) is 35.1 Å². The first-order valence-corrected chi connectivity index (χ1v) is 9.83. The minimum Gasteiger partial charge on any atom is -0.465 e. The quantitative estimate of drug-likeness (QED) is 0.238. The van der Waals surface area contributed by atoms with Gasteiger partial charge in [-0.25, -0.2) is 13.9 Å². The number of benzene rings is 2. The number of halogens is 6. The second kappa shape index (κ2) is 8.53. The lowest BCUT2D eigenvalue weighted by molar-refractivity contribution is -0.142. The van der Waals surface area contributed by atoms with E-state index in [-0.39, 0.29) is 21.3 Å². The predicted octanol–water partition coefficient (Wildman–Crippen LogP) is 6.45. The van der Waals surface area contributed by atoms with Gasteiger partial charge in [-0.2, -0.15) is 18.3 Å². The first-order valence-electron chi connectivity index (χ1n) is 9.07. The molecule has 33 heavy (non-hydrogen) atoms. The highest BCUT2D eigenvalue weighted by molar-refractivity contribution is 6.33. The Morgan fingerprint density at radius 1 is 1.15 bits per heavy atom. The maximum Gasteiger partial charge on any atom is 0.434 e. The first kappa shape index (κ1) is 22.8. The highest BCUT2D eigenvalue weighted by atomic mass is 35.5. The van der Waals surface area contributed by atoms with Crippen molar-refractivity contribution >= 4 is 29.2 Å². The molecule has 4 rings (SSSR count). The molecule has 0 aliphatic carbocycles. The number of nitrogens with zero attached hydrogens (tertiary/aromatic N) is 3. The summed E-state index contributed by atoms with van der Waals surface area (Å²) in [5, 5.41) is 7.51. The predicted molar refractivity (Wildman–Crippen MR) is 111 cm³/mol. The zero-order chi connectivity index (χ0) is 23.9. The summed E-state index contributed by atoms with van der Waals surface area (Å²) in [6, 6.07) is 9.27. The second-order valence-corrected chi connectivity index (χ2v) is 7.46. The van der Waals surface area contributed by atoms with Gasteiger partial charge in [0.1, 0.15) is 17.1 Å². The topological polar surface area (TPSA) is 70.2 Å². The van der Waals surface area contributed by atoms with E-state index in [0.717, 1.165) is 19.4 Å². The van der Waals surface area contributed by atoms with Gasteiger partial charge in [-0.3, -0.25) is 0 Å². The Labute approximate surface area is 193 Å². The molecule has 0 saturated carbocycles. The maximum atomic E-state index is 14.5. The Morgan fingerprint density at radius 2 is 1.88 bits per heavy atom. The lowest BCUT2D eigenvalue weighted by Gasteiger charge is -2.12. The molecule has 0 aliphatic heterocycles. The zero-order valence-corrected chi connectivity index (χ0v) is 18.0. The summed E-state index contributed by atoms with van der Waals surface area (Å²) >= 11 is 12.0. The standard InChI is InChI=1S/C21H11Cl2F4N3O3/c1-32-20(31)16-17(15-13(23)6-3-7-14(15)24)29-33-18(16)12-9-28-30(19(12)21(25,26)27)11-5-2-4-10(22)8-11/h2-9H,1H3. The van der Waals surface area contributed by atoms with Crippen molar-refractivity contribution in [2.45, 2.75) is 6.18 Å². The minimum absolute atomic E-state index is 0.0116. The van der Waals surface area contributed by atoms with E-state index in [0.29, 0.717) is 4.68 Å². The van der Waals surface area contributed by atoms with Crippen molar-refractivity contribution in [2.24, 2.45) is 0 Å². The number of aromatic nitrogens is 3. The van der Waals surface area contributed by atoms with Gasteiger partial charge < -0.3 is 9.26 Å². The SMILES string of the molecule is COC(=O)c1c(-c2c(F)cccc2Cl)noc1-c1cnn(-c2cccc(Cl)c2)c1C(F)(F)F. The largest absolute Gasteiger partial charge is 0.465 e. The van der Waals surface area contributed by atoms with Gasteiger partial charge in [0, 0.05) is 5.02 Å². The van der Waals surface area contributed by atoms with Crippen LogP contribution in [0.4, 0.5) is 17.6 Å². The van der Waals surface area contributed by atoms with Crippen molar-refractivity contribution in [3.63, 3.8) is 0 Å². The van der Waals surface area contributed by atoms with E-state index < -0.39 is 46.2 Å². The van der Waals surface area contributed by atoms with E-state index in [1.807, 2.05) is 0 Å². The lowest BCUT2D eigenvalue weighted by Crippen LogP contribution is -2.15. The highest BCUT2D eigenvalue weighted by Crippen LogP contribution is 2.43. The summed E-state index contributed by atoms with van der Waals surface area (Å²) in [6.07, 6.45) is -4.09. The van der Waals surface area contributed by atoms with Crippen LogP contribution in [0.3, 0.4) is 0 Å². The number of ether oxygens (including phenoxy) is 1. The molecule has 0 atom stereocenters. The molecule has 0 radical (unpaired) electrons. The van der Waals surface area contributed by atoms with Crippen LogP contribution in [0.25, 0.3) is 28.3 Å². The Morgan fingerprint density at radius 3 is 2.52 bits per heavy atom. The van der Waals surface area contributed by atoms with Crippen molar-refractivity contribution < 1.29 is 31.6 Å². The Hall–Kier alpha value is -3.37. The van der Waals surface area contributed by atoms with Crippen LogP contribution in [0.1, 0.15) is 16.1 Å². The van der Waals surface area contributed by atoms with E-state index in [1.165, 1.54) is 36.4 Å². The van der Waals surface area contributed by atoms with Crippen molar-refractivity contribution in [2.75, 3.05) is 7.11 Å². The molecule has 6 nitrogen and oxygen atoms in total. The number of alkyl halides is 3. The van der Waals surface area contributed by atoms with E-state index in [9.17, 15) is 22.4 Å².